The molecule has 0 bridgehead atoms. The quantitative estimate of drug-likeness (QED) is 0.547. The van der Waals surface area contributed by atoms with Gasteiger partial charge in [0.15, 0.2) is 5.13 Å². The van der Waals surface area contributed by atoms with Gasteiger partial charge in [0.05, 0.1) is 0 Å². The Hall–Kier alpha value is -0.370. The highest BCUT2D eigenvalue weighted by Gasteiger charge is 1.92. The molecule has 0 radical (unpaired) electrons. The van der Waals surface area contributed by atoms with E-state index < -0.39 is 0 Å². The molecule has 0 unspecified atom stereocenters. The Morgan fingerprint density at radius 2 is 2.50 bits per heavy atom. The average molecular weight is 130 g/mol. The molecule has 1 heterocycles. The van der Waals surface area contributed by atoms with Crippen molar-refractivity contribution in [2.24, 2.45) is 0 Å². The van der Waals surface area contributed by atoms with Gasteiger partial charge in [-0.2, -0.15) is 4.39 Å². The molecule has 0 aliphatic heterocycles. The van der Waals surface area contributed by atoms with Crippen LogP contribution in [-0.2, 0) is 6.42 Å². The molecule has 0 aliphatic carbocycles. The highest BCUT2D eigenvalue weighted by atomic mass is 32.1. The molecular formula is C6H7FS. The summed E-state index contributed by atoms with van der Waals surface area (Å²) in [5, 5.41) is 1.76. The van der Waals surface area contributed by atoms with Gasteiger partial charge < -0.3 is 0 Å². The Kier molecular flexibility index (Phi) is 1.63. The summed E-state index contributed by atoms with van der Waals surface area (Å²) in [5.74, 6) is 0. The maximum atomic E-state index is 12.1. The van der Waals surface area contributed by atoms with E-state index in [2.05, 4.69) is 0 Å². The lowest BCUT2D eigenvalue weighted by atomic mass is 10.3. The van der Waals surface area contributed by atoms with Crippen molar-refractivity contribution in [1.82, 2.24) is 0 Å². The molecule has 1 aromatic rings. The third-order valence-electron chi connectivity index (χ3n) is 1.03. The monoisotopic (exact) mass is 130 g/mol. The second-order valence-electron chi connectivity index (χ2n) is 1.61. The van der Waals surface area contributed by atoms with Crippen molar-refractivity contribution in [2.45, 2.75) is 13.3 Å². The Morgan fingerprint density at radius 1 is 1.75 bits per heavy atom. The number of thiophene rings is 1. The summed E-state index contributed by atoms with van der Waals surface area (Å²) in [6.07, 6.45) is 0.931. The predicted molar refractivity (Wildman–Crippen MR) is 33.7 cm³/mol. The lowest BCUT2D eigenvalue weighted by molar-refractivity contribution is 0.656. The van der Waals surface area contributed by atoms with E-state index in [0.29, 0.717) is 0 Å². The zero-order chi connectivity index (χ0) is 5.98. The van der Waals surface area contributed by atoms with Crippen molar-refractivity contribution in [3.8, 4) is 0 Å². The maximum absolute atomic E-state index is 12.1. The molecule has 0 aliphatic rings. The Balaban J connectivity index is 2.84. The standard InChI is InChI=1S/C6H7FS/c1-2-5-3-6(7)8-4-5/h3-4H,2H2,1H3. The van der Waals surface area contributed by atoms with Gasteiger partial charge in [0, 0.05) is 0 Å². The predicted octanol–water partition coefficient (Wildman–Crippen LogP) is 2.45. The summed E-state index contributed by atoms with van der Waals surface area (Å²) in [6, 6.07) is 1.57. The van der Waals surface area contributed by atoms with E-state index >= 15 is 0 Å². The number of hydrogen-bond acceptors (Lipinski definition) is 1. The summed E-state index contributed by atoms with van der Waals surface area (Å²) in [4.78, 5) is 0. The van der Waals surface area contributed by atoms with Crippen LogP contribution in [0, 0.1) is 5.13 Å². The number of rotatable bonds is 1. The van der Waals surface area contributed by atoms with E-state index in [4.69, 9.17) is 0 Å². The van der Waals surface area contributed by atoms with E-state index in [1.165, 1.54) is 0 Å². The average Bonchev–Trinajstić information content (AvgIpc) is 2.14. The van der Waals surface area contributed by atoms with Crippen LogP contribution in [0.25, 0.3) is 0 Å². The minimum atomic E-state index is -0.0816. The largest absolute Gasteiger partial charge is 0.195 e. The first-order valence-electron chi connectivity index (χ1n) is 2.56. The van der Waals surface area contributed by atoms with Crippen LogP contribution >= 0.6 is 11.3 Å². The minimum absolute atomic E-state index is 0.0816. The molecule has 0 fully saturated rings. The van der Waals surface area contributed by atoms with Crippen molar-refractivity contribution in [1.29, 1.82) is 0 Å². The molecule has 1 aromatic heterocycles. The molecule has 44 valence electrons. The number of aryl methyl sites for hydroxylation is 1. The number of hydrogen-bond donors (Lipinski definition) is 0. The highest BCUT2D eigenvalue weighted by molar-refractivity contribution is 7.08. The summed E-state index contributed by atoms with van der Waals surface area (Å²) in [7, 11) is 0. The minimum Gasteiger partial charge on any atom is -0.195 e. The van der Waals surface area contributed by atoms with Crippen LogP contribution in [0.3, 0.4) is 0 Å². The molecular weight excluding hydrogens is 123 g/mol. The van der Waals surface area contributed by atoms with E-state index in [0.717, 1.165) is 23.3 Å². The van der Waals surface area contributed by atoms with Crippen LogP contribution in [0.2, 0.25) is 0 Å². The van der Waals surface area contributed by atoms with Gasteiger partial charge in [0.1, 0.15) is 0 Å². The normalized spacial score (nSPS) is 9.75. The van der Waals surface area contributed by atoms with Crippen LogP contribution < -0.4 is 0 Å². The van der Waals surface area contributed by atoms with Crippen LogP contribution in [-0.4, -0.2) is 0 Å². The molecule has 8 heavy (non-hydrogen) atoms. The van der Waals surface area contributed by atoms with E-state index in [9.17, 15) is 4.39 Å². The molecule has 2 heteroatoms. The van der Waals surface area contributed by atoms with Crippen LogP contribution in [0.5, 0.6) is 0 Å². The fourth-order valence-electron chi connectivity index (χ4n) is 0.531. The summed E-state index contributed by atoms with van der Waals surface area (Å²) in [5.41, 5.74) is 1.09. The van der Waals surface area contributed by atoms with E-state index in [1.807, 2.05) is 12.3 Å². The molecule has 0 N–H and O–H groups in total. The first kappa shape index (κ1) is 5.76. The van der Waals surface area contributed by atoms with Gasteiger partial charge in [-0.3, -0.25) is 0 Å². The van der Waals surface area contributed by atoms with Gasteiger partial charge in [-0.05, 0) is 23.4 Å². The molecule has 0 aromatic carbocycles. The van der Waals surface area contributed by atoms with Crippen LogP contribution in [0.1, 0.15) is 12.5 Å². The lowest BCUT2D eigenvalue weighted by Crippen LogP contribution is -1.68. The summed E-state index contributed by atoms with van der Waals surface area (Å²) >= 11 is 1.16. The third-order valence-corrected chi connectivity index (χ3v) is 1.79. The number of halogens is 1. The lowest BCUT2D eigenvalue weighted by Gasteiger charge is -1.79. The zero-order valence-corrected chi connectivity index (χ0v) is 5.46. The zero-order valence-electron chi connectivity index (χ0n) is 4.65. The molecule has 0 saturated heterocycles. The van der Waals surface area contributed by atoms with Gasteiger partial charge >= 0.3 is 0 Å². The fraction of sp³-hybridized carbons (Fsp3) is 0.333. The Morgan fingerprint density at radius 3 is 2.75 bits per heavy atom. The van der Waals surface area contributed by atoms with Gasteiger partial charge in [-0.15, -0.1) is 11.3 Å². The Labute approximate surface area is 52.0 Å². The van der Waals surface area contributed by atoms with Gasteiger partial charge in [0.2, 0.25) is 0 Å². The summed E-state index contributed by atoms with van der Waals surface area (Å²) in [6.45, 7) is 2.02. The molecule has 0 amide bonds. The van der Waals surface area contributed by atoms with Crippen LogP contribution in [0.15, 0.2) is 11.4 Å². The molecule has 0 spiro atoms. The van der Waals surface area contributed by atoms with Crippen molar-refractivity contribution < 1.29 is 4.39 Å². The Bertz CT molecular complexity index is 169. The second-order valence-corrected chi connectivity index (χ2v) is 2.47. The van der Waals surface area contributed by atoms with Gasteiger partial charge in [0.25, 0.3) is 0 Å². The second kappa shape index (κ2) is 2.27. The van der Waals surface area contributed by atoms with E-state index in [-0.39, 0.29) is 5.13 Å². The van der Waals surface area contributed by atoms with Crippen molar-refractivity contribution in [3.63, 3.8) is 0 Å². The molecule has 0 nitrogen and oxygen atoms in total. The first-order valence-corrected chi connectivity index (χ1v) is 3.44. The first-order chi connectivity index (χ1) is 3.83. The maximum Gasteiger partial charge on any atom is 0.176 e. The van der Waals surface area contributed by atoms with E-state index in [1.54, 1.807) is 6.07 Å². The SMILES string of the molecule is CCc1csc(F)c1. The van der Waals surface area contributed by atoms with Crippen molar-refractivity contribution in [3.05, 3.63) is 22.1 Å². The van der Waals surface area contributed by atoms with Gasteiger partial charge in [-0.25, -0.2) is 0 Å². The molecule has 0 saturated carbocycles. The topological polar surface area (TPSA) is 0 Å². The highest BCUT2D eigenvalue weighted by Crippen LogP contribution is 2.11. The van der Waals surface area contributed by atoms with Crippen molar-refractivity contribution in [2.75, 3.05) is 0 Å². The van der Waals surface area contributed by atoms with Gasteiger partial charge in [-0.1, -0.05) is 6.92 Å². The fourth-order valence-corrected chi connectivity index (χ4v) is 1.25. The smallest absolute Gasteiger partial charge is 0.176 e. The van der Waals surface area contributed by atoms with Crippen LogP contribution in [0.4, 0.5) is 4.39 Å². The molecule has 0 atom stereocenters. The third kappa shape index (κ3) is 1.07. The van der Waals surface area contributed by atoms with Crippen molar-refractivity contribution >= 4 is 11.3 Å². The summed E-state index contributed by atoms with van der Waals surface area (Å²) < 4.78 is 12.1. The molecule has 1 rings (SSSR count).